The van der Waals surface area contributed by atoms with Gasteiger partial charge in [0.25, 0.3) is 0 Å². The van der Waals surface area contributed by atoms with E-state index in [2.05, 4.69) is 33.0 Å². The van der Waals surface area contributed by atoms with E-state index < -0.39 is 9.84 Å². The number of hydrogen-bond acceptors (Lipinski definition) is 3. The van der Waals surface area contributed by atoms with Crippen molar-refractivity contribution in [2.45, 2.75) is 53.0 Å². The molecule has 17 heavy (non-hydrogen) atoms. The molecule has 0 aromatic rings. The normalized spacial score (nSPS) is 26.0. The molecule has 0 amide bonds. The van der Waals surface area contributed by atoms with E-state index in [1.54, 1.807) is 0 Å². The van der Waals surface area contributed by atoms with Gasteiger partial charge >= 0.3 is 0 Å². The Morgan fingerprint density at radius 2 is 2.00 bits per heavy atom. The Bertz CT molecular complexity index is 330. The van der Waals surface area contributed by atoms with Crippen LogP contribution < -0.4 is 5.32 Å². The zero-order chi connectivity index (χ0) is 13.1. The van der Waals surface area contributed by atoms with Gasteiger partial charge < -0.3 is 5.32 Å². The average molecular weight is 261 g/mol. The predicted octanol–water partition coefficient (Wildman–Crippen LogP) is 2.23. The molecule has 1 rings (SSSR count). The van der Waals surface area contributed by atoms with Gasteiger partial charge in [-0.1, -0.05) is 27.7 Å². The summed E-state index contributed by atoms with van der Waals surface area (Å²) in [7, 11) is -2.73. The summed E-state index contributed by atoms with van der Waals surface area (Å²) in [6.07, 6.45) is 2.96. The highest BCUT2D eigenvalue weighted by molar-refractivity contribution is 7.91. The van der Waals surface area contributed by atoms with Crippen LogP contribution in [-0.4, -0.2) is 32.5 Å². The molecule has 2 unspecified atom stereocenters. The van der Waals surface area contributed by atoms with Crippen LogP contribution in [0.1, 0.15) is 47.0 Å². The Kier molecular flexibility index (Phi) is 5.02. The largest absolute Gasteiger partial charge is 0.313 e. The van der Waals surface area contributed by atoms with Crippen molar-refractivity contribution in [1.29, 1.82) is 0 Å². The summed E-state index contributed by atoms with van der Waals surface area (Å²) < 4.78 is 22.9. The van der Waals surface area contributed by atoms with Crippen molar-refractivity contribution in [2.24, 2.45) is 11.3 Å². The molecule has 1 heterocycles. The predicted molar refractivity (Wildman–Crippen MR) is 72.9 cm³/mol. The van der Waals surface area contributed by atoms with E-state index in [0.29, 0.717) is 23.5 Å². The third-order valence-electron chi connectivity index (χ3n) is 3.58. The number of hydrogen-bond donors (Lipinski definition) is 1. The molecule has 0 aromatic heterocycles. The molecule has 0 bridgehead atoms. The third-order valence-corrected chi connectivity index (χ3v) is 5.42. The molecule has 3 nitrogen and oxygen atoms in total. The standard InChI is InChI=1S/C13H27NO2S/c1-5-7-14-12(13(2,3)4)9-11-6-8-17(15,16)10-11/h11-12,14H,5-10H2,1-4H3. The van der Waals surface area contributed by atoms with E-state index in [4.69, 9.17) is 0 Å². The summed E-state index contributed by atoms with van der Waals surface area (Å²) in [6.45, 7) is 9.85. The number of sulfone groups is 1. The zero-order valence-corrected chi connectivity index (χ0v) is 12.4. The first kappa shape index (κ1) is 15.0. The lowest BCUT2D eigenvalue weighted by Crippen LogP contribution is -2.42. The molecule has 0 saturated carbocycles. The van der Waals surface area contributed by atoms with Gasteiger partial charge in [0.2, 0.25) is 0 Å². The van der Waals surface area contributed by atoms with Gasteiger partial charge in [-0.15, -0.1) is 0 Å². The zero-order valence-electron chi connectivity index (χ0n) is 11.6. The van der Waals surface area contributed by atoms with Crippen molar-refractivity contribution in [3.63, 3.8) is 0 Å². The summed E-state index contributed by atoms with van der Waals surface area (Å²) in [5.74, 6) is 1.14. The van der Waals surface area contributed by atoms with Crippen LogP contribution >= 0.6 is 0 Å². The summed E-state index contributed by atoms with van der Waals surface area (Å²) in [6, 6.07) is 0.417. The smallest absolute Gasteiger partial charge is 0.150 e. The quantitative estimate of drug-likeness (QED) is 0.825. The summed E-state index contributed by atoms with van der Waals surface area (Å²) in [4.78, 5) is 0. The van der Waals surface area contributed by atoms with Crippen LogP contribution in [0.3, 0.4) is 0 Å². The van der Waals surface area contributed by atoms with Crippen molar-refractivity contribution in [3.8, 4) is 0 Å². The fourth-order valence-corrected chi connectivity index (χ4v) is 4.33. The van der Waals surface area contributed by atoms with Crippen molar-refractivity contribution >= 4 is 9.84 Å². The Labute approximate surface area is 106 Å². The molecule has 0 aromatic carbocycles. The SMILES string of the molecule is CCCNC(CC1CCS(=O)(=O)C1)C(C)(C)C. The van der Waals surface area contributed by atoms with Gasteiger partial charge in [0.1, 0.15) is 0 Å². The van der Waals surface area contributed by atoms with Crippen LogP contribution in [-0.2, 0) is 9.84 Å². The van der Waals surface area contributed by atoms with E-state index in [0.717, 1.165) is 25.8 Å². The fourth-order valence-electron chi connectivity index (χ4n) is 2.45. The first-order valence-corrected chi connectivity index (χ1v) is 8.50. The fraction of sp³-hybridized carbons (Fsp3) is 1.00. The first-order chi connectivity index (χ1) is 7.74. The maximum Gasteiger partial charge on any atom is 0.150 e. The van der Waals surface area contributed by atoms with Crippen molar-refractivity contribution < 1.29 is 8.42 Å². The highest BCUT2D eigenvalue weighted by atomic mass is 32.2. The van der Waals surface area contributed by atoms with Gasteiger partial charge in [-0.05, 0) is 37.1 Å². The molecule has 0 aliphatic carbocycles. The maximum absolute atomic E-state index is 11.5. The second-order valence-corrected chi connectivity index (χ2v) is 8.61. The minimum Gasteiger partial charge on any atom is -0.313 e. The van der Waals surface area contributed by atoms with Crippen molar-refractivity contribution in [3.05, 3.63) is 0 Å². The van der Waals surface area contributed by atoms with Gasteiger partial charge in [-0.2, -0.15) is 0 Å². The molecule has 1 N–H and O–H groups in total. The van der Waals surface area contributed by atoms with E-state index in [1.165, 1.54) is 0 Å². The summed E-state index contributed by atoms with van der Waals surface area (Å²) in [5, 5.41) is 3.57. The van der Waals surface area contributed by atoms with Gasteiger partial charge in [-0.3, -0.25) is 0 Å². The Morgan fingerprint density at radius 3 is 2.41 bits per heavy atom. The molecular weight excluding hydrogens is 234 g/mol. The first-order valence-electron chi connectivity index (χ1n) is 6.68. The van der Waals surface area contributed by atoms with Crippen LogP contribution in [0, 0.1) is 11.3 Å². The topological polar surface area (TPSA) is 46.2 Å². The van der Waals surface area contributed by atoms with Gasteiger partial charge in [-0.25, -0.2) is 8.42 Å². The third kappa shape index (κ3) is 4.96. The molecule has 1 saturated heterocycles. The Balaban J connectivity index is 2.55. The van der Waals surface area contributed by atoms with Crippen molar-refractivity contribution in [2.75, 3.05) is 18.1 Å². The van der Waals surface area contributed by atoms with Crippen LogP contribution in [0.4, 0.5) is 0 Å². The highest BCUT2D eigenvalue weighted by Crippen LogP contribution is 2.30. The molecule has 0 radical (unpaired) electrons. The van der Waals surface area contributed by atoms with Crippen LogP contribution in [0.2, 0.25) is 0 Å². The van der Waals surface area contributed by atoms with E-state index >= 15 is 0 Å². The van der Waals surface area contributed by atoms with E-state index in [9.17, 15) is 8.42 Å². The lowest BCUT2D eigenvalue weighted by Gasteiger charge is -2.33. The molecule has 4 heteroatoms. The Hall–Kier alpha value is -0.0900. The van der Waals surface area contributed by atoms with Gasteiger partial charge in [0.05, 0.1) is 11.5 Å². The second-order valence-electron chi connectivity index (χ2n) is 6.38. The lowest BCUT2D eigenvalue weighted by molar-refractivity contribution is 0.231. The van der Waals surface area contributed by atoms with E-state index in [1.807, 2.05) is 0 Å². The second kappa shape index (κ2) is 5.70. The number of rotatable bonds is 5. The molecule has 2 atom stereocenters. The molecule has 1 fully saturated rings. The molecule has 1 aliphatic rings. The Morgan fingerprint density at radius 1 is 1.35 bits per heavy atom. The monoisotopic (exact) mass is 261 g/mol. The van der Waals surface area contributed by atoms with Gasteiger partial charge in [0, 0.05) is 6.04 Å². The summed E-state index contributed by atoms with van der Waals surface area (Å²) >= 11 is 0. The van der Waals surface area contributed by atoms with Crippen LogP contribution in [0.25, 0.3) is 0 Å². The van der Waals surface area contributed by atoms with Crippen LogP contribution in [0.5, 0.6) is 0 Å². The lowest BCUT2D eigenvalue weighted by atomic mass is 9.81. The molecular formula is C13H27NO2S. The highest BCUT2D eigenvalue weighted by Gasteiger charge is 2.33. The molecule has 1 aliphatic heterocycles. The van der Waals surface area contributed by atoms with Gasteiger partial charge in [0.15, 0.2) is 9.84 Å². The molecule has 102 valence electrons. The number of nitrogens with one attached hydrogen (secondary N) is 1. The summed E-state index contributed by atoms with van der Waals surface area (Å²) in [5.41, 5.74) is 0.196. The minimum atomic E-state index is -2.73. The van der Waals surface area contributed by atoms with Crippen molar-refractivity contribution in [1.82, 2.24) is 5.32 Å². The molecule has 0 spiro atoms. The average Bonchev–Trinajstić information content (AvgIpc) is 2.51. The maximum atomic E-state index is 11.5. The van der Waals surface area contributed by atoms with E-state index in [-0.39, 0.29) is 5.41 Å². The minimum absolute atomic E-state index is 0.196. The van der Waals surface area contributed by atoms with Crippen LogP contribution in [0.15, 0.2) is 0 Å².